The third-order valence-electron chi connectivity index (χ3n) is 4.74. The maximum absolute atomic E-state index is 14.5. The van der Waals surface area contributed by atoms with E-state index in [4.69, 9.17) is 4.74 Å². The van der Waals surface area contributed by atoms with E-state index in [2.05, 4.69) is 24.0 Å². The van der Waals surface area contributed by atoms with Crippen LogP contribution in [0.2, 0.25) is 0 Å². The number of benzene rings is 1. The third kappa shape index (κ3) is 7.12. The number of aromatic nitrogens is 2. The van der Waals surface area contributed by atoms with Crippen molar-refractivity contribution in [1.29, 1.82) is 0 Å². The Morgan fingerprint density at radius 3 is 2.25 bits per heavy atom. The van der Waals surface area contributed by atoms with Crippen molar-refractivity contribution in [3.63, 3.8) is 0 Å². The molecule has 0 N–H and O–H groups in total. The molecule has 0 aliphatic heterocycles. The SMILES string of the molecule is CCCCCCCCc1nnc(-c2ccc(OCCCCCC)c(F)c2F)s1. The Kier molecular flexibility index (Phi) is 10.4. The van der Waals surface area contributed by atoms with E-state index in [1.165, 1.54) is 55.6 Å². The highest BCUT2D eigenvalue weighted by Crippen LogP contribution is 2.32. The van der Waals surface area contributed by atoms with E-state index in [9.17, 15) is 8.78 Å². The molecule has 2 rings (SSSR count). The van der Waals surface area contributed by atoms with Crippen molar-refractivity contribution in [2.24, 2.45) is 0 Å². The molecule has 0 aliphatic carbocycles. The zero-order valence-electron chi connectivity index (χ0n) is 17.1. The summed E-state index contributed by atoms with van der Waals surface area (Å²) in [7, 11) is 0. The smallest absolute Gasteiger partial charge is 0.201 e. The molecule has 3 nitrogen and oxygen atoms in total. The van der Waals surface area contributed by atoms with Gasteiger partial charge in [0.25, 0.3) is 0 Å². The summed E-state index contributed by atoms with van der Waals surface area (Å²) in [5.74, 6) is -1.89. The minimum atomic E-state index is -0.944. The fourth-order valence-corrected chi connectivity index (χ4v) is 3.94. The van der Waals surface area contributed by atoms with Crippen molar-refractivity contribution in [3.8, 4) is 16.3 Å². The average Bonchev–Trinajstić information content (AvgIpc) is 3.16. The van der Waals surface area contributed by atoms with Gasteiger partial charge in [-0.2, -0.15) is 4.39 Å². The van der Waals surface area contributed by atoms with Gasteiger partial charge in [0.1, 0.15) is 5.01 Å². The number of rotatable bonds is 14. The highest BCUT2D eigenvalue weighted by atomic mass is 32.1. The summed E-state index contributed by atoms with van der Waals surface area (Å²) in [5.41, 5.74) is 0.155. The van der Waals surface area contributed by atoms with E-state index in [1.54, 1.807) is 0 Å². The van der Waals surface area contributed by atoms with Gasteiger partial charge in [0.15, 0.2) is 16.6 Å². The Morgan fingerprint density at radius 2 is 1.50 bits per heavy atom. The molecule has 1 heterocycles. The molecule has 0 spiro atoms. The summed E-state index contributed by atoms with van der Waals surface area (Å²) in [4.78, 5) is 0. The Bertz CT molecular complexity index is 706. The van der Waals surface area contributed by atoms with Crippen molar-refractivity contribution in [2.75, 3.05) is 6.61 Å². The molecule has 156 valence electrons. The molecule has 0 radical (unpaired) electrons. The number of aryl methyl sites for hydroxylation is 1. The fourth-order valence-electron chi connectivity index (χ4n) is 3.04. The summed E-state index contributed by atoms with van der Waals surface area (Å²) in [6.07, 6.45) is 12.2. The molecule has 0 atom stereocenters. The van der Waals surface area contributed by atoms with Crippen molar-refractivity contribution >= 4 is 11.3 Å². The van der Waals surface area contributed by atoms with Gasteiger partial charge in [0.2, 0.25) is 5.82 Å². The van der Waals surface area contributed by atoms with Gasteiger partial charge in [0.05, 0.1) is 12.2 Å². The van der Waals surface area contributed by atoms with Crippen molar-refractivity contribution in [1.82, 2.24) is 10.2 Å². The van der Waals surface area contributed by atoms with Crippen molar-refractivity contribution < 1.29 is 13.5 Å². The van der Waals surface area contributed by atoms with Crippen LogP contribution in [0.25, 0.3) is 10.6 Å². The molecule has 1 aromatic heterocycles. The molecule has 1 aromatic carbocycles. The number of hydrogen-bond donors (Lipinski definition) is 0. The van der Waals surface area contributed by atoms with E-state index >= 15 is 0 Å². The minimum Gasteiger partial charge on any atom is -0.490 e. The van der Waals surface area contributed by atoms with Crippen LogP contribution in [0.3, 0.4) is 0 Å². The zero-order chi connectivity index (χ0) is 20.2. The number of nitrogens with zero attached hydrogens (tertiary/aromatic N) is 2. The molecule has 0 bridgehead atoms. The predicted octanol–water partition coefficient (Wildman–Crippen LogP) is 7.35. The highest BCUT2D eigenvalue weighted by molar-refractivity contribution is 7.14. The topological polar surface area (TPSA) is 35.0 Å². The first-order chi connectivity index (χ1) is 13.7. The van der Waals surface area contributed by atoms with Crippen LogP contribution in [0.5, 0.6) is 5.75 Å². The second-order valence-corrected chi connectivity index (χ2v) is 8.23. The molecule has 0 saturated heterocycles. The van der Waals surface area contributed by atoms with Crippen LogP contribution < -0.4 is 4.74 Å². The van der Waals surface area contributed by atoms with Gasteiger partial charge in [-0.15, -0.1) is 10.2 Å². The zero-order valence-corrected chi connectivity index (χ0v) is 17.9. The molecule has 0 saturated carbocycles. The van der Waals surface area contributed by atoms with E-state index in [-0.39, 0.29) is 11.3 Å². The van der Waals surface area contributed by atoms with Crippen LogP contribution in [-0.4, -0.2) is 16.8 Å². The molecular weight excluding hydrogens is 378 g/mol. The molecular formula is C22H32F2N2OS. The maximum Gasteiger partial charge on any atom is 0.201 e. The number of unbranched alkanes of at least 4 members (excludes halogenated alkanes) is 8. The van der Waals surface area contributed by atoms with Gasteiger partial charge in [-0.25, -0.2) is 4.39 Å². The molecule has 28 heavy (non-hydrogen) atoms. The molecule has 0 amide bonds. The Morgan fingerprint density at radius 1 is 0.821 bits per heavy atom. The Labute approximate surface area is 171 Å². The standard InChI is InChI=1S/C22H32F2N2OS/c1-3-5-7-9-10-11-13-19-25-26-22(28-19)17-14-15-18(21(24)20(17)23)27-16-12-8-6-4-2/h14-15H,3-13,16H2,1-2H3. The minimum absolute atomic E-state index is 0.0328. The van der Waals surface area contributed by atoms with Crippen LogP contribution in [-0.2, 0) is 6.42 Å². The van der Waals surface area contributed by atoms with Crippen molar-refractivity contribution in [3.05, 3.63) is 28.8 Å². The van der Waals surface area contributed by atoms with Gasteiger partial charge in [-0.1, -0.05) is 76.6 Å². The number of hydrogen-bond acceptors (Lipinski definition) is 4. The number of halogens is 2. The van der Waals surface area contributed by atoms with Gasteiger partial charge in [0, 0.05) is 6.42 Å². The lowest BCUT2D eigenvalue weighted by Crippen LogP contribution is -2.01. The van der Waals surface area contributed by atoms with Gasteiger partial charge >= 0.3 is 0 Å². The summed E-state index contributed by atoms with van der Waals surface area (Å²) < 4.78 is 34.2. The van der Waals surface area contributed by atoms with E-state index < -0.39 is 11.6 Å². The molecule has 2 aromatic rings. The quantitative estimate of drug-likeness (QED) is 0.305. The summed E-state index contributed by atoms with van der Waals surface area (Å²) in [6, 6.07) is 3.03. The molecule has 6 heteroatoms. The highest BCUT2D eigenvalue weighted by Gasteiger charge is 2.18. The number of ether oxygens (including phenoxy) is 1. The monoisotopic (exact) mass is 410 g/mol. The van der Waals surface area contributed by atoms with Crippen LogP contribution in [0.15, 0.2) is 12.1 Å². The summed E-state index contributed by atoms with van der Waals surface area (Å²) >= 11 is 1.34. The average molecular weight is 411 g/mol. The first kappa shape index (κ1) is 22.7. The lowest BCUT2D eigenvalue weighted by molar-refractivity contribution is 0.285. The molecule has 0 unspecified atom stereocenters. The maximum atomic E-state index is 14.5. The van der Waals surface area contributed by atoms with Crippen LogP contribution in [0.1, 0.15) is 83.1 Å². The summed E-state index contributed by atoms with van der Waals surface area (Å²) in [5, 5.41) is 9.51. The van der Waals surface area contributed by atoms with Gasteiger partial charge in [-0.3, -0.25) is 0 Å². The van der Waals surface area contributed by atoms with Gasteiger partial charge < -0.3 is 4.74 Å². The van der Waals surface area contributed by atoms with Crippen LogP contribution in [0, 0.1) is 11.6 Å². The normalized spacial score (nSPS) is 11.1. The van der Waals surface area contributed by atoms with Crippen LogP contribution in [0.4, 0.5) is 8.78 Å². The fraction of sp³-hybridized carbons (Fsp3) is 0.636. The third-order valence-corrected chi connectivity index (χ3v) is 5.76. The predicted molar refractivity (Wildman–Crippen MR) is 112 cm³/mol. The summed E-state index contributed by atoms with van der Waals surface area (Å²) in [6.45, 7) is 4.73. The molecule has 0 fully saturated rings. The second-order valence-electron chi connectivity index (χ2n) is 7.17. The molecule has 0 aliphatic rings. The largest absolute Gasteiger partial charge is 0.490 e. The second kappa shape index (κ2) is 12.8. The van der Waals surface area contributed by atoms with Crippen molar-refractivity contribution in [2.45, 2.75) is 84.5 Å². The van der Waals surface area contributed by atoms with Crippen LogP contribution >= 0.6 is 11.3 Å². The Hall–Kier alpha value is -1.56. The van der Waals surface area contributed by atoms with E-state index in [0.717, 1.165) is 43.5 Å². The lowest BCUT2D eigenvalue weighted by Gasteiger charge is -2.09. The lowest BCUT2D eigenvalue weighted by atomic mass is 10.1. The van der Waals surface area contributed by atoms with Gasteiger partial charge in [-0.05, 0) is 25.0 Å². The Balaban J connectivity index is 1.89. The first-order valence-electron chi connectivity index (χ1n) is 10.6. The first-order valence-corrected chi connectivity index (χ1v) is 11.4. The van der Waals surface area contributed by atoms with E-state index in [0.29, 0.717) is 11.6 Å². The van der Waals surface area contributed by atoms with E-state index in [1.807, 2.05) is 0 Å².